The SMILES string of the molecule is CC(=O)N1Cc2cc(-c3ccn(C)c(=O)c3)cc(N3CCCc4cc(-c5cnn(C)c5)c(C(F)F)cc43)c2C1. The molecule has 0 spiro atoms. The molecule has 6 rings (SSSR count). The van der Waals surface area contributed by atoms with Crippen LogP contribution in [0.3, 0.4) is 0 Å². The van der Waals surface area contributed by atoms with E-state index in [2.05, 4.69) is 10.00 Å². The van der Waals surface area contributed by atoms with E-state index in [1.54, 1.807) is 61.3 Å². The number of anilines is 2. The zero-order valence-electron chi connectivity index (χ0n) is 22.1. The van der Waals surface area contributed by atoms with E-state index in [0.717, 1.165) is 52.0 Å². The number of aryl methyl sites for hydroxylation is 3. The van der Waals surface area contributed by atoms with Crippen LogP contribution in [-0.2, 0) is 38.4 Å². The fourth-order valence-electron chi connectivity index (χ4n) is 5.74. The van der Waals surface area contributed by atoms with Crippen molar-refractivity contribution >= 4 is 17.3 Å². The molecule has 9 heteroatoms. The summed E-state index contributed by atoms with van der Waals surface area (Å²) in [4.78, 5) is 28.6. The number of carbonyl (C=O) groups excluding carboxylic acids is 1. The lowest BCUT2D eigenvalue weighted by atomic mass is 9.91. The summed E-state index contributed by atoms with van der Waals surface area (Å²) < 4.78 is 32.0. The monoisotopic (exact) mass is 529 g/mol. The number of rotatable bonds is 4. The largest absolute Gasteiger partial charge is 0.341 e. The number of pyridine rings is 1. The van der Waals surface area contributed by atoms with Crippen LogP contribution in [-0.4, -0.2) is 31.7 Å². The minimum absolute atomic E-state index is 0.0209. The van der Waals surface area contributed by atoms with Crippen molar-refractivity contribution in [3.05, 3.63) is 87.6 Å². The van der Waals surface area contributed by atoms with Crippen LogP contribution in [0.25, 0.3) is 22.3 Å². The summed E-state index contributed by atoms with van der Waals surface area (Å²) in [6, 6.07) is 11.1. The second kappa shape index (κ2) is 9.48. The summed E-state index contributed by atoms with van der Waals surface area (Å²) in [7, 11) is 3.47. The minimum Gasteiger partial charge on any atom is -0.341 e. The molecule has 2 aromatic heterocycles. The number of nitrogens with zero attached hydrogens (tertiary/aromatic N) is 5. The predicted molar refractivity (Wildman–Crippen MR) is 146 cm³/mol. The summed E-state index contributed by atoms with van der Waals surface area (Å²) in [5.41, 5.74) is 7.33. The van der Waals surface area contributed by atoms with Crippen molar-refractivity contribution in [3.63, 3.8) is 0 Å². The zero-order chi connectivity index (χ0) is 27.4. The average molecular weight is 530 g/mol. The van der Waals surface area contributed by atoms with E-state index in [0.29, 0.717) is 30.8 Å². The van der Waals surface area contributed by atoms with E-state index in [4.69, 9.17) is 0 Å². The molecule has 39 heavy (non-hydrogen) atoms. The molecule has 4 aromatic rings. The predicted octanol–water partition coefficient (Wildman–Crippen LogP) is 5.34. The number of alkyl halides is 2. The first-order valence-electron chi connectivity index (χ1n) is 13.0. The van der Waals surface area contributed by atoms with E-state index in [-0.39, 0.29) is 17.0 Å². The smallest absolute Gasteiger partial charge is 0.264 e. The quantitative estimate of drug-likeness (QED) is 0.358. The number of hydrogen-bond donors (Lipinski definition) is 0. The van der Waals surface area contributed by atoms with Crippen LogP contribution in [0, 0.1) is 0 Å². The normalized spacial score (nSPS) is 14.6. The molecule has 2 aliphatic rings. The Morgan fingerprint density at radius 2 is 1.79 bits per heavy atom. The first-order chi connectivity index (χ1) is 18.7. The maximum absolute atomic E-state index is 14.4. The molecule has 0 bridgehead atoms. The molecular weight excluding hydrogens is 500 g/mol. The summed E-state index contributed by atoms with van der Waals surface area (Å²) in [5.74, 6) is -0.0209. The molecule has 0 aliphatic carbocycles. The van der Waals surface area contributed by atoms with Gasteiger partial charge in [-0.15, -0.1) is 0 Å². The number of aromatic nitrogens is 3. The van der Waals surface area contributed by atoms with Crippen LogP contribution >= 0.6 is 0 Å². The Morgan fingerprint density at radius 3 is 2.49 bits per heavy atom. The molecular formula is C30H29F2N5O2. The zero-order valence-corrected chi connectivity index (χ0v) is 22.1. The first kappa shape index (κ1) is 25.0. The lowest BCUT2D eigenvalue weighted by Gasteiger charge is -2.34. The third kappa shape index (κ3) is 4.41. The minimum atomic E-state index is -2.65. The van der Waals surface area contributed by atoms with Crippen LogP contribution in [0.5, 0.6) is 0 Å². The van der Waals surface area contributed by atoms with Crippen LogP contribution in [0.4, 0.5) is 20.2 Å². The van der Waals surface area contributed by atoms with Gasteiger partial charge in [-0.25, -0.2) is 8.78 Å². The highest BCUT2D eigenvalue weighted by Crippen LogP contribution is 2.45. The summed E-state index contributed by atoms with van der Waals surface area (Å²) in [6.07, 6.45) is 4.08. The van der Waals surface area contributed by atoms with Gasteiger partial charge in [0.1, 0.15) is 0 Å². The molecule has 1 amide bonds. The lowest BCUT2D eigenvalue weighted by Crippen LogP contribution is -2.26. The summed E-state index contributed by atoms with van der Waals surface area (Å²) in [5, 5.41) is 4.18. The van der Waals surface area contributed by atoms with Gasteiger partial charge < -0.3 is 14.4 Å². The Morgan fingerprint density at radius 1 is 0.974 bits per heavy atom. The Labute approximate surface area is 224 Å². The van der Waals surface area contributed by atoms with Crippen LogP contribution < -0.4 is 10.5 Å². The molecule has 200 valence electrons. The Kier molecular flexibility index (Phi) is 6.09. The number of benzene rings is 2. The lowest BCUT2D eigenvalue weighted by molar-refractivity contribution is -0.129. The van der Waals surface area contributed by atoms with E-state index >= 15 is 0 Å². The van der Waals surface area contributed by atoms with Gasteiger partial charge in [0.15, 0.2) is 0 Å². The molecule has 7 nitrogen and oxygen atoms in total. The fourth-order valence-corrected chi connectivity index (χ4v) is 5.74. The highest BCUT2D eigenvalue weighted by Gasteiger charge is 2.30. The van der Waals surface area contributed by atoms with Gasteiger partial charge >= 0.3 is 0 Å². The second-order valence-electron chi connectivity index (χ2n) is 10.4. The molecule has 2 aromatic carbocycles. The van der Waals surface area contributed by atoms with Gasteiger partial charge in [0.2, 0.25) is 5.91 Å². The van der Waals surface area contributed by atoms with Gasteiger partial charge in [0, 0.05) is 87.2 Å². The summed E-state index contributed by atoms with van der Waals surface area (Å²) >= 11 is 0. The fraction of sp³-hybridized carbons (Fsp3) is 0.300. The highest BCUT2D eigenvalue weighted by atomic mass is 19.3. The average Bonchev–Trinajstić information content (AvgIpc) is 3.55. The number of amides is 1. The number of hydrogen-bond acceptors (Lipinski definition) is 4. The van der Waals surface area contributed by atoms with Gasteiger partial charge in [-0.1, -0.05) is 0 Å². The molecule has 0 fully saturated rings. The van der Waals surface area contributed by atoms with Gasteiger partial charge in [0.25, 0.3) is 12.0 Å². The molecule has 0 saturated carbocycles. The van der Waals surface area contributed by atoms with Crippen molar-refractivity contribution in [2.24, 2.45) is 14.1 Å². The van der Waals surface area contributed by atoms with E-state index in [1.165, 1.54) is 4.57 Å². The van der Waals surface area contributed by atoms with Crippen molar-refractivity contribution in [2.45, 2.75) is 39.3 Å². The van der Waals surface area contributed by atoms with Gasteiger partial charge in [-0.3, -0.25) is 14.3 Å². The third-order valence-corrected chi connectivity index (χ3v) is 7.82. The molecule has 0 N–H and O–H groups in total. The van der Waals surface area contributed by atoms with Crippen molar-refractivity contribution < 1.29 is 13.6 Å². The van der Waals surface area contributed by atoms with E-state index in [9.17, 15) is 18.4 Å². The van der Waals surface area contributed by atoms with Crippen molar-refractivity contribution in [1.82, 2.24) is 19.2 Å². The molecule has 0 unspecified atom stereocenters. The van der Waals surface area contributed by atoms with Crippen molar-refractivity contribution in [3.8, 4) is 22.3 Å². The number of halogens is 2. The molecule has 0 saturated heterocycles. The van der Waals surface area contributed by atoms with Crippen LogP contribution in [0.1, 0.15) is 42.0 Å². The second-order valence-corrected chi connectivity index (χ2v) is 10.4. The standard InChI is InChI=1S/C30H29F2N5O2/c1-18(38)36-16-22-9-21(19-6-8-34(2)29(39)12-19)11-28(26(22)17-36)37-7-4-5-20-10-24(23-14-33-35(3)15-23)25(30(31)32)13-27(20)37/h6,8-15,30H,4-5,7,16-17H2,1-3H3. The third-order valence-electron chi connectivity index (χ3n) is 7.82. The molecule has 2 aliphatic heterocycles. The molecule has 0 atom stereocenters. The van der Waals surface area contributed by atoms with Crippen LogP contribution in [0.15, 0.2) is 59.8 Å². The number of fused-ring (bicyclic) bond motifs is 2. The topological polar surface area (TPSA) is 63.4 Å². The van der Waals surface area contributed by atoms with Gasteiger partial charge in [-0.2, -0.15) is 5.10 Å². The van der Waals surface area contributed by atoms with Crippen molar-refractivity contribution in [2.75, 3.05) is 11.4 Å². The molecule has 4 heterocycles. The Hall–Kier alpha value is -4.27. The maximum atomic E-state index is 14.4. The van der Waals surface area contributed by atoms with Gasteiger partial charge in [0.05, 0.1) is 6.20 Å². The summed E-state index contributed by atoms with van der Waals surface area (Å²) in [6.45, 7) is 3.14. The van der Waals surface area contributed by atoms with Crippen molar-refractivity contribution in [1.29, 1.82) is 0 Å². The number of carbonyl (C=O) groups is 1. The van der Waals surface area contributed by atoms with Gasteiger partial charge in [-0.05, 0) is 71.0 Å². The van der Waals surface area contributed by atoms with E-state index < -0.39 is 6.43 Å². The Balaban J connectivity index is 1.53. The maximum Gasteiger partial charge on any atom is 0.264 e. The van der Waals surface area contributed by atoms with E-state index in [1.807, 2.05) is 24.3 Å². The van der Waals surface area contributed by atoms with Crippen LogP contribution in [0.2, 0.25) is 0 Å². The molecule has 0 radical (unpaired) electrons. The highest BCUT2D eigenvalue weighted by molar-refractivity contribution is 5.82. The first-order valence-corrected chi connectivity index (χ1v) is 13.0. The Bertz CT molecular complexity index is 1670.